The zero-order valence-electron chi connectivity index (χ0n) is 13.2. The van der Waals surface area contributed by atoms with Gasteiger partial charge in [-0.05, 0) is 80.0 Å². The van der Waals surface area contributed by atoms with Crippen molar-refractivity contribution in [1.29, 1.82) is 0 Å². The highest BCUT2D eigenvalue weighted by molar-refractivity contribution is 5.70. The highest BCUT2D eigenvalue weighted by atomic mass is 16.4. The third-order valence-electron chi connectivity index (χ3n) is 7.98. The molecule has 0 aromatic heterocycles. The predicted molar refractivity (Wildman–Crippen MR) is 82.8 cm³/mol. The van der Waals surface area contributed by atoms with Crippen LogP contribution < -0.4 is 0 Å². The first kappa shape index (κ1) is 13.8. The summed E-state index contributed by atoms with van der Waals surface area (Å²) in [4.78, 5) is 11.7. The summed E-state index contributed by atoms with van der Waals surface area (Å²) in [5.74, 6) is 1.33. The molecule has 6 atom stereocenters. The first-order chi connectivity index (χ1) is 9.96. The number of fused-ring (bicyclic) bond motifs is 3. The Morgan fingerprint density at radius 1 is 1.24 bits per heavy atom. The van der Waals surface area contributed by atoms with Crippen LogP contribution >= 0.6 is 0 Å². The van der Waals surface area contributed by atoms with Gasteiger partial charge in [0, 0.05) is 0 Å². The van der Waals surface area contributed by atoms with Crippen molar-refractivity contribution in [2.24, 2.45) is 34.5 Å². The number of rotatable bonds is 1. The van der Waals surface area contributed by atoms with E-state index in [2.05, 4.69) is 13.5 Å². The minimum Gasteiger partial charge on any atom is -0.481 e. The first-order valence-corrected chi connectivity index (χ1v) is 8.87. The maximum absolute atomic E-state index is 11.7. The fourth-order valence-corrected chi connectivity index (χ4v) is 7.19. The van der Waals surface area contributed by atoms with E-state index in [9.17, 15) is 9.90 Å². The standard InChI is InChI=1S/C19H28O2/c1-12-10-19-9-7-15-14(17(20)21)4-3-8-18(15,2)16(19)6-5-13(12)11-19/h13-16H,1,3-11H2,2H3,(H,20,21)/t13-,14-,15?,16+,18-,19-/m1/s1. The molecule has 4 rings (SSSR count). The van der Waals surface area contributed by atoms with Crippen molar-refractivity contribution in [1.82, 2.24) is 0 Å². The fraction of sp³-hybridized carbons (Fsp3) is 0.842. The van der Waals surface area contributed by atoms with E-state index in [1.165, 1.54) is 44.1 Å². The van der Waals surface area contributed by atoms with E-state index >= 15 is 0 Å². The molecule has 21 heavy (non-hydrogen) atoms. The quantitative estimate of drug-likeness (QED) is 0.713. The Bertz CT molecular complexity index is 496. The first-order valence-electron chi connectivity index (χ1n) is 8.87. The summed E-state index contributed by atoms with van der Waals surface area (Å²) in [5, 5.41) is 9.65. The Kier molecular flexibility index (Phi) is 2.88. The average molecular weight is 288 g/mol. The molecule has 0 aliphatic heterocycles. The van der Waals surface area contributed by atoms with Gasteiger partial charge in [0.25, 0.3) is 0 Å². The summed E-state index contributed by atoms with van der Waals surface area (Å²) in [7, 11) is 0. The van der Waals surface area contributed by atoms with Crippen LogP contribution in [0.3, 0.4) is 0 Å². The largest absolute Gasteiger partial charge is 0.481 e. The van der Waals surface area contributed by atoms with Gasteiger partial charge in [0.2, 0.25) is 0 Å². The van der Waals surface area contributed by atoms with Crippen LogP contribution in [0.4, 0.5) is 0 Å². The van der Waals surface area contributed by atoms with Crippen molar-refractivity contribution >= 4 is 5.97 Å². The Morgan fingerprint density at radius 2 is 2.05 bits per heavy atom. The molecule has 0 radical (unpaired) electrons. The molecule has 2 bridgehead atoms. The van der Waals surface area contributed by atoms with E-state index < -0.39 is 5.97 Å². The molecule has 0 aromatic carbocycles. The molecule has 2 heteroatoms. The SMILES string of the molecule is C=C1C[C@@]23CCC4[C@H](C(=O)O)CCC[C@@]4(C)[C@@H]2CC[C@@H]1C3. The smallest absolute Gasteiger partial charge is 0.306 e. The Labute approximate surface area is 128 Å². The molecule has 2 nitrogen and oxygen atoms in total. The van der Waals surface area contributed by atoms with Crippen LogP contribution in [0.5, 0.6) is 0 Å². The van der Waals surface area contributed by atoms with Crippen LogP contribution in [0.1, 0.15) is 64.7 Å². The third-order valence-corrected chi connectivity index (χ3v) is 7.98. The zero-order chi connectivity index (χ0) is 14.8. The summed E-state index contributed by atoms with van der Waals surface area (Å²) >= 11 is 0. The van der Waals surface area contributed by atoms with Crippen LogP contribution in [0.2, 0.25) is 0 Å². The van der Waals surface area contributed by atoms with E-state index in [1.807, 2.05) is 0 Å². The normalized spacial score (nSPS) is 52.1. The van der Waals surface area contributed by atoms with E-state index in [4.69, 9.17) is 0 Å². The fourth-order valence-electron chi connectivity index (χ4n) is 7.19. The van der Waals surface area contributed by atoms with Crippen molar-refractivity contribution in [2.75, 3.05) is 0 Å². The van der Waals surface area contributed by atoms with Gasteiger partial charge >= 0.3 is 5.97 Å². The lowest BCUT2D eigenvalue weighted by atomic mass is 9.43. The van der Waals surface area contributed by atoms with E-state index in [1.54, 1.807) is 0 Å². The molecule has 1 spiro atoms. The number of carboxylic acid groups (broad SMARTS) is 1. The molecule has 4 fully saturated rings. The van der Waals surface area contributed by atoms with Crippen LogP contribution in [0, 0.1) is 34.5 Å². The summed E-state index contributed by atoms with van der Waals surface area (Å²) in [6.45, 7) is 6.80. The summed E-state index contributed by atoms with van der Waals surface area (Å²) in [6, 6.07) is 0. The van der Waals surface area contributed by atoms with Gasteiger partial charge in [0.1, 0.15) is 0 Å². The molecule has 4 aliphatic rings. The van der Waals surface area contributed by atoms with Crippen LogP contribution in [-0.4, -0.2) is 11.1 Å². The monoisotopic (exact) mass is 288 g/mol. The van der Waals surface area contributed by atoms with E-state index in [-0.39, 0.29) is 11.3 Å². The molecule has 1 unspecified atom stereocenters. The van der Waals surface area contributed by atoms with Crippen molar-refractivity contribution in [2.45, 2.75) is 64.7 Å². The van der Waals surface area contributed by atoms with Gasteiger partial charge in [-0.15, -0.1) is 0 Å². The van der Waals surface area contributed by atoms with Crippen LogP contribution in [-0.2, 0) is 4.79 Å². The van der Waals surface area contributed by atoms with Crippen LogP contribution in [0.25, 0.3) is 0 Å². The summed E-state index contributed by atoms with van der Waals surface area (Å²) < 4.78 is 0. The van der Waals surface area contributed by atoms with Gasteiger partial charge in [-0.25, -0.2) is 0 Å². The second-order valence-electron chi connectivity index (χ2n) is 8.72. The lowest BCUT2D eigenvalue weighted by Crippen LogP contribution is -2.54. The minimum atomic E-state index is -0.536. The number of hydrogen-bond acceptors (Lipinski definition) is 1. The number of carboxylic acids is 1. The third kappa shape index (κ3) is 1.74. The molecular weight excluding hydrogens is 260 g/mol. The predicted octanol–water partition coefficient (Wildman–Crippen LogP) is 4.65. The van der Waals surface area contributed by atoms with Gasteiger partial charge in [0.05, 0.1) is 5.92 Å². The van der Waals surface area contributed by atoms with Gasteiger partial charge in [-0.2, -0.15) is 0 Å². The second-order valence-corrected chi connectivity index (χ2v) is 8.72. The summed E-state index contributed by atoms with van der Waals surface area (Å²) in [6.07, 6.45) is 10.9. The number of aliphatic carboxylic acids is 1. The molecular formula is C19H28O2. The van der Waals surface area contributed by atoms with E-state index in [0.717, 1.165) is 31.1 Å². The van der Waals surface area contributed by atoms with Crippen LogP contribution in [0.15, 0.2) is 12.2 Å². The van der Waals surface area contributed by atoms with Crippen molar-refractivity contribution in [3.63, 3.8) is 0 Å². The molecule has 0 aromatic rings. The highest BCUT2D eigenvalue weighted by Gasteiger charge is 2.62. The topological polar surface area (TPSA) is 37.3 Å². The second kappa shape index (κ2) is 4.36. The maximum atomic E-state index is 11.7. The Hall–Kier alpha value is -0.790. The average Bonchev–Trinajstić information content (AvgIpc) is 2.67. The molecule has 0 amide bonds. The van der Waals surface area contributed by atoms with Gasteiger partial charge in [-0.1, -0.05) is 25.5 Å². The highest BCUT2D eigenvalue weighted by Crippen LogP contribution is 2.70. The Balaban J connectivity index is 1.71. The lowest BCUT2D eigenvalue weighted by molar-refractivity contribution is -0.162. The zero-order valence-corrected chi connectivity index (χ0v) is 13.2. The molecule has 1 N–H and O–H groups in total. The lowest BCUT2D eigenvalue weighted by Gasteiger charge is -2.61. The molecule has 4 aliphatic carbocycles. The van der Waals surface area contributed by atoms with Gasteiger partial charge in [0.15, 0.2) is 0 Å². The van der Waals surface area contributed by atoms with Crippen molar-refractivity contribution < 1.29 is 9.90 Å². The maximum Gasteiger partial charge on any atom is 0.306 e. The van der Waals surface area contributed by atoms with Crippen molar-refractivity contribution in [3.05, 3.63) is 12.2 Å². The van der Waals surface area contributed by atoms with E-state index in [0.29, 0.717) is 11.3 Å². The number of carbonyl (C=O) groups is 1. The minimum absolute atomic E-state index is 0.0802. The number of allylic oxidation sites excluding steroid dienone is 1. The van der Waals surface area contributed by atoms with Gasteiger partial charge in [-0.3, -0.25) is 4.79 Å². The molecule has 4 saturated carbocycles. The van der Waals surface area contributed by atoms with Gasteiger partial charge < -0.3 is 5.11 Å². The molecule has 0 saturated heterocycles. The summed E-state index contributed by atoms with van der Waals surface area (Å²) in [5.41, 5.74) is 2.27. The number of hydrogen-bond donors (Lipinski definition) is 1. The molecule has 0 heterocycles. The van der Waals surface area contributed by atoms with Crippen molar-refractivity contribution in [3.8, 4) is 0 Å². The molecule has 116 valence electrons. The Morgan fingerprint density at radius 3 is 2.81 bits per heavy atom.